The maximum Gasteiger partial charge on any atom is 0.255 e. The molecule has 1 aromatic carbocycles. The molecule has 0 atom stereocenters. The highest BCUT2D eigenvalue weighted by Gasteiger charge is 2.08. The summed E-state index contributed by atoms with van der Waals surface area (Å²) in [6.07, 6.45) is 0. The van der Waals surface area contributed by atoms with Gasteiger partial charge < -0.3 is 15.0 Å². The lowest BCUT2D eigenvalue weighted by Gasteiger charge is -2.13. The molecule has 1 heterocycles. The van der Waals surface area contributed by atoms with Crippen LogP contribution in [0.15, 0.2) is 41.2 Å². The standard InChI is InChI=1S/C15H18N2O2/c1-11-7-8-12(9-16)15(18)17(11)10-13-5-3-4-6-14(13)19-2/h3-8H,9-10,16H2,1-2H3. The topological polar surface area (TPSA) is 57.2 Å². The molecule has 4 heteroatoms. The molecule has 4 nitrogen and oxygen atoms in total. The zero-order valence-corrected chi connectivity index (χ0v) is 11.2. The number of aromatic nitrogens is 1. The van der Waals surface area contributed by atoms with Crippen molar-refractivity contribution in [1.29, 1.82) is 0 Å². The Labute approximate surface area is 112 Å². The van der Waals surface area contributed by atoms with Gasteiger partial charge in [-0.25, -0.2) is 0 Å². The average Bonchev–Trinajstić information content (AvgIpc) is 2.44. The molecule has 0 saturated heterocycles. The number of rotatable bonds is 4. The van der Waals surface area contributed by atoms with Crippen molar-refractivity contribution in [3.8, 4) is 5.75 Å². The third kappa shape index (κ3) is 2.69. The van der Waals surface area contributed by atoms with Crippen LogP contribution >= 0.6 is 0 Å². The van der Waals surface area contributed by atoms with Gasteiger partial charge in [-0.15, -0.1) is 0 Å². The van der Waals surface area contributed by atoms with Gasteiger partial charge in [-0.05, 0) is 19.1 Å². The largest absolute Gasteiger partial charge is 0.496 e. The van der Waals surface area contributed by atoms with Crippen LogP contribution in [0.1, 0.15) is 16.8 Å². The summed E-state index contributed by atoms with van der Waals surface area (Å²) in [5, 5.41) is 0. The molecule has 0 fully saturated rings. The molecule has 0 saturated carbocycles. The van der Waals surface area contributed by atoms with Gasteiger partial charge in [0.1, 0.15) is 5.75 Å². The Morgan fingerprint density at radius 3 is 2.58 bits per heavy atom. The average molecular weight is 258 g/mol. The predicted molar refractivity (Wildman–Crippen MR) is 75.4 cm³/mol. The Morgan fingerprint density at radius 2 is 1.89 bits per heavy atom. The first-order valence-corrected chi connectivity index (χ1v) is 6.18. The quantitative estimate of drug-likeness (QED) is 0.907. The Morgan fingerprint density at radius 1 is 1.16 bits per heavy atom. The molecule has 1 aromatic heterocycles. The molecule has 2 aromatic rings. The van der Waals surface area contributed by atoms with E-state index in [1.165, 1.54) is 0 Å². The molecule has 0 aliphatic heterocycles. The highest BCUT2D eigenvalue weighted by molar-refractivity contribution is 5.34. The van der Waals surface area contributed by atoms with Crippen LogP contribution in [0.5, 0.6) is 5.75 Å². The monoisotopic (exact) mass is 258 g/mol. The Balaban J connectivity index is 2.46. The zero-order chi connectivity index (χ0) is 13.8. The minimum atomic E-state index is -0.0339. The van der Waals surface area contributed by atoms with Gasteiger partial charge in [0.2, 0.25) is 0 Å². The van der Waals surface area contributed by atoms with Crippen LogP contribution in [0.4, 0.5) is 0 Å². The summed E-state index contributed by atoms with van der Waals surface area (Å²) in [6, 6.07) is 11.4. The van der Waals surface area contributed by atoms with Gasteiger partial charge in [0.25, 0.3) is 5.56 Å². The second-order valence-electron chi connectivity index (χ2n) is 4.41. The summed E-state index contributed by atoms with van der Waals surface area (Å²) in [4.78, 5) is 12.3. The second-order valence-corrected chi connectivity index (χ2v) is 4.41. The number of hydrogen-bond donors (Lipinski definition) is 1. The number of nitrogens with zero attached hydrogens (tertiary/aromatic N) is 1. The van der Waals surface area contributed by atoms with E-state index in [4.69, 9.17) is 10.5 Å². The highest BCUT2D eigenvalue weighted by Crippen LogP contribution is 2.18. The first-order chi connectivity index (χ1) is 9.17. The van der Waals surface area contributed by atoms with Crippen molar-refractivity contribution in [1.82, 2.24) is 4.57 Å². The minimum Gasteiger partial charge on any atom is -0.496 e. The Kier molecular flexibility index (Phi) is 4.02. The van der Waals surface area contributed by atoms with Crippen molar-refractivity contribution < 1.29 is 4.74 Å². The summed E-state index contributed by atoms with van der Waals surface area (Å²) in [5.41, 5.74) is 8.06. The zero-order valence-electron chi connectivity index (χ0n) is 11.2. The van der Waals surface area contributed by atoms with E-state index in [0.29, 0.717) is 12.1 Å². The van der Waals surface area contributed by atoms with Crippen LogP contribution in [-0.2, 0) is 13.1 Å². The number of para-hydroxylation sites is 1. The number of pyridine rings is 1. The van der Waals surface area contributed by atoms with Gasteiger partial charge in [0.05, 0.1) is 13.7 Å². The van der Waals surface area contributed by atoms with E-state index >= 15 is 0 Å². The van der Waals surface area contributed by atoms with Crippen LogP contribution in [0, 0.1) is 6.92 Å². The third-order valence-electron chi connectivity index (χ3n) is 3.21. The van der Waals surface area contributed by atoms with E-state index in [1.807, 2.05) is 37.3 Å². The van der Waals surface area contributed by atoms with Crippen molar-refractivity contribution in [2.45, 2.75) is 20.0 Å². The summed E-state index contributed by atoms with van der Waals surface area (Å²) in [5.74, 6) is 0.784. The molecule has 0 bridgehead atoms. The Hall–Kier alpha value is -2.07. The van der Waals surface area contributed by atoms with Crippen LogP contribution < -0.4 is 16.0 Å². The number of hydrogen-bond acceptors (Lipinski definition) is 3. The van der Waals surface area contributed by atoms with Crippen molar-refractivity contribution in [2.24, 2.45) is 5.73 Å². The lowest BCUT2D eigenvalue weighted by molar-refractivity contribution is 0.408. The van der Waals surface area contributed by atoms with Gasteiger partial charge in [-0.1, -0.05) is 24.3 Å². The van der Waals surface area contributed by atoms with Crippen molar-refractivity contribution in [2.75, 3.05) is 7.11 Å². The van der Waals surface area contributed by atoms with Crippen LogP contribution in [0.3, 0.4) is 0 Å². The van der Waals surface area contributed by atoms with Gasteiger partial charge in [-0.3, -0.25) is 4.79 Å². The van der Waals surface area contributed by atoms with E-state index in [1.54, 1.807) is 17.7 Å². The fourth-order valence-electron chi connectivity index (χ4n) is 2.07. The lowest BCUT2D eigenvalue weighted by Crippen LogP contribution is -2.27. The van der Waals surface area contributed by atoms with E-state index in [2.05, 4.69) is 0 Å². The second kappa shape index (κ2) is 5.71. The summed E-state index contributed by atoms with van der Waals surface area (Å²) in [6.45, 7) is 2.66. The van der Waals surface area contributed by atoms with Crippen LogP contribution in [0.25, 0.3) is 0 Å². The smallest absolute Gasteiger partial charge is 0.255 e. The third-order valence-corrected chi connectivity index (χ3v) is 3.21. The lowest BCUT2D eigenvalue weighted by atomic mass is 10.1. The number of benzene rings is 1. The fraction of sp³-hybridized carbons (Fsp3) is 0.267. The van der Waals surface area contributed by atoms with E-state index in [-0.39, 0.29) is 12.1 Å². The SMILES string of the molecule is COc1ccccc1Cn1c(C)ccc(CN)c1=O. The van der Waals surface area contributed by atoms with Crippen molar-refractivity contribution >= 4 is 0 Å². The van der Waals surface area contributed by atoms with Gasteiger partial charge in [0.15, 0.2) is 0 Å². The molecular weight excluding hydrogens is 240 g/mol. The molecule has 19 heavy (non-hydrogen) atoms. The number of methoxy groups -OCH3 is 1. The number of nitrogens with two attached hydrogens (primary N) is 1. The predicted octanol–water partition coefficient (Wildman–Crippen LogP) is 1.67. The minimum absolute atomic E-state index is 0.0339. The maximum atomic E-state index is 12.3. The van der Waals surface area contributed by atoms with Crippen LogP contribution in [0.2, 0.25) is 0 Å². The van der Waals surface area contributed by atoms with Crippen LogP contribution in [-0.4, -0.2) is 11.7 Å². The molecule has 0 aliphatic carbocycles. The highest BCUT2D eigenvalue weighted by atomic mass is 16.5. The van der Waals surface area contributed by atoms with Crippen molar-refractivity contribution in [3.63, 3.8) is 0 Å². The molecule has 0 spiro atoms. The molecule has 2 N–H and O–H groups in total. The number of aryl methyl sites for hydroxylation is 1. The summed E-state index contributed by atoms with van der Waals surface area (Å²) >= 11 is 0. The summed E-state index contributed by atoms with van der Waals surface area (Å²) < 4.78 is 7.04. The number of ether oxygens (including phenoxy) is 1. The van der Waals surface area contributed by atoms with Gasteiger partial charge >= 0.3 is 0 Å². The first kappa shape index (κ1) is 13.4. The molecular formula is C15H18N2O2. The van der Waals surface area contributed by atoms with E-state index < -0.39 is 0 Å². The fourth-order valence-corrected chi connectivity index (χ4v) is 2.07. The normalized spacial score (nSPS) is 10.5. The maximum absolute atomic E-state index is 12.3. The van der Waals surface area contributed by atoms with E-state index in [9.17, 15) is 4.79 Å². The molecule has 0 amide bonds. The summed E-state index contributed by atoms with van der Waals surface area (Å²) in [7, 11) is 1.63. The van der Waals surface area contributed by atoms with Gasteiger partial charge in [-0.2, -0.15) is 0 Å². The van der Waals surface area contributed by atoms with Crippen molar-refractivity contribution in [3.05, 3.63) is 63.6 Å². The molecule has 0 unspecified atom stereocenters. The Bertz CT molecular complexity index is 632. The molecule has 2 rings (SSSR count). The van der Waals surface area contributed by atoms with E-state index in [0.717, 1.165) is 17.0 Å². The molecule has 100 valence electrons. The molecule has 0 aliphatic rings. The first-order valence-electron chi connectivity index (χ1n) is 6.18. The molecule has 0 radical (unpaired) electrons. The van der Waals surface area contributed by atoms with Gasteiger partial charge in [0, 0.05) is 23.4 Å².